The highest BCUT2D eigenvalue weighted by molar-refractivity contribution is 5.93. The van der Waals surface area contributed by atoms with E-state index in [-0.39, 0.29) is 0 Å². The number of nitrogen functional groups attached to an aromatic ring is 1. The molecule has 0 aliphatic rings. The van der Waals surface area contributed by atoms with E-state index < -0.39 is 0 Å². The zero-order valence-electron chi connectivity index (χ0n) is 10.8. The molecular weight excluding hydrogens is 236 g/mol. The molecule has 3 nitrogen and oxygen atoms in total. The lowest BCUT2D eigenvalue weighted by Crippen LogP contribution is -1.96. The van der Waals surface area contributed by atoms with E-state index in [4.69, 9.17) is 10.5 Å². The molecule has 96 valence electrons. The van der Waals surface area contributed by atoms with Crippen LogP contribution >= 0.6 is 0 Å². The van der Waals surface area contributed by atoms with Crippen molar-refractivity contribution in [3.05, 3.63) is 59.8 Å². The lowest BCUT2D eigenvalue weighted by Gasteiger charge is -2.07. The number of H-pyrrole nitrogens is 1. The van der Waals surface area contributed by atoms with Gasteiger partial charge in [-0.15, -0.1) is 0 Å². The van der Waals surface area contributed by atoms with Gasteiger partial charge in [0.1, 0.15) is 12.4 Å². The summed E-state index contributed by atoms with van der Waals surface area (Å²) < 4.78 is 5.82. The molecule has 0 fully saturated rings. The Labute approximate surface area is 112 Å². The zero-order chi connectivity index (χ0) is 13.2. The second kappa shape index (κ2) is 4.69. The fourth-order valence-electron chi connectivity index (χ4n) is 2.27. The molecule has 0 saturated carbocycles. The van der Waals surface area contributed by atoms with E-state index in [1.165, 1.54) is 5.56 Å². The summed E-state index contributed by atoms with van der Waals surface area (Å²) in [5, 5.41) is 1.05. The highest BCUT2D eigenvalue weighted by Crippen LogP contribution is 2.25. The smallest absolute Gasteiger partial charge is 0.120 e. The highest BCUT2D eigenvalue weighted by Gasteiger charge is 2.07. The first kappa shape index (κ1) is 11.7. The number of anilines is 1. The van der Waals surface area contributed by atoms with Gasteiger partial charge >= 0.3 is 0 Å². The van der Waals surface area contributed by atoms with Crippen molar-refractivity contribution in [2.24, 2.45) is 0 Å². The van der Waals surface area contributed by atoms with Gasteiger partial charge in [-0.25, -0.2) is 0 Å². The summed E-state index contributed by atoms with van der Waals surface area (Å²) >= 11 is 0. The molecule has 0 saturated heterocycles. The van der Waals surface area contributed by atoms with Gasteiger partial charge in [0, 0.05) is 28.4 Å². The predicted molar refractivity (Wildman–Crippen MR) is 78.2 cm³/mol. The quantitative estimate of drug-likeness (QED) is 0.699. The van der Waals surface area contributed by atoms with Crippen LogP contribution in [0, 0.1) is 6.92 Å². The molecule has 19 heavy (non-hydrogen) atoms. The molecule has 1 aromatic heterocycles. The van der Waals surface area contributed by atoms with E-state index in [9.17, 15) is 0 Å². The predicted octanol–water partition coefficient (Wildman–Crippen LogP) is 3.64. The van der Waals surface area contributed by atoms with Crippen LogP contribution in [0.2, 0.25) is 0 Å². The summed E-state index contributed by atoms with van der Waals surface area (Å²) in [6, 6.07) is 13.9. The van der Waals surface area contributed by atoms with Gasteiger partial charge < -0.3 is 15.5 Å². The van der Waals surface area contributed by atoms with Crippen molar-refractivity contribution >= 4 is 16.6 Å². The van der Waals surface area contributed by atoms with E-state index in [1.807, 2.05) is 42.6 Å². The minimum Gasteiger partial charge on any atom is -0.489 e. The van der Waals surface area contributed by atoms with Crippen LogP contribution in [0.4, 0.5) is 5.69 Å². The molecule has 1 heterocycles. The van der Waals surface area contributed by atoms with Gasteiger partial charge in [0.05, 0.1) is 0 Å². The third-order valence-electron chi connectivity index (χ3n) is 3.20. The van der Waals surface area contributed by atoms with Crippen LogP contribution in [-0.4, -0.2) is 4.98 Å². The van der Waals surface area contributed by atoms with Crippen molar-refractivity contribution in [2.45, 2.75) is 13.5 Å². The van der Waals surface area contributed by atoms with E-state index >= 15 is 0 Å². The molecule has 0 unspecified atom stereocenters. The van der Waals surface area contributed by atoms with E-state index in [0.29, 0.717) is 6.61 Å². The Morgan fingerprint density at radius 2 is 2.00 bits per heavy atom. The molecule has 0 bridgehead atoms. The first-order valence-corrected chi connectivity index (χ1v) is 6.28. The van der Waals surface area contributed by atoms with Gasteiger partial charge in [-0.3, -0.25) is 0 Å². The second-order valence-electron chi connectivity index (χ2n) is 4.69. The minimum atomic E-state index is 0.512. The lowest BCUT2D eigenvalue weighted by atomic mass is 10.1. The molecule has 0 atom stereocenters. The molecule has 0 spiro atoms. The van der Waals surface area contributed by atoms with Gasteiger partial charge in [0.15, 0.2) is 0 Å². The summed E-state index contributed by atoms with van der Waals surface area (Å²) in [5.74, 6) is 0.879. The Morgan fingerprint density at radius 1 is 1.16 bits per heavy atom. The molecule has 3 N–H and O–H groups in total. The van der Waals surface area contributed by atoms with Crippen molar-refractivity contribution in [3.8, 4) is 5.75 Å². The summed E-state index contributed by atoms with van der Waals surface area (Å²) in [6.45, 7) is 2.56. The third-order valence-corrected chi connectivity index (χ3v) is 3.20. The maximum Gasteiger partial charge on any atom is 0.120 e. The van der Waals surface area contributed by atoms with Crippen molar-refractivity contribution < 1.29 is 4.74 Å². The summed E-state index contributed by atoms with van der Waals surface area (Å²) in [4.78, 5) is 3.22. The van der Waals surface area contributed by atoms with Crippen molar-refractivity contribution in [1.82, 2.24) is 4.98 Å². The van der Waals surface area contributed by atoms with Gasteiger partial charge in [0.25, 0.3) is 0 Å². The van der Waals surface area contributed by atoms with Crippen LogP contribution < -0.4 is 10.5 Å². The number of nitrogens with one attached hydrogen (secondary N) is 1. The molecule has 3 heteroatoms. The normalized spacial score (nSPS) is 10.8. The molecule has 0 radical (unpaired) electrons. The van der Waals surface area contributed by atoms with Gasteiger partial charge in [-0.1, -0.05) is 18.2 Å². The topological polar surface area (TPSA) is 51.0 Å². The van der Waals surface area contributed by atoms with Gasteiger partial charge in [0.2, 0.25) is 0 Å². The molecule has 3 aromatic rings. The molecular formula is C16H16N2O. The molecule has 0 amide bonds. The Hall–Kier alpha value is -2.42. The van der Waals surface area contributed by atoms with E-state index in [0.717, 1.165) is 27.9 Å². The number of aromatic nitrogens is 1. The molecule has 0 aliphatic carbocycles. The first-order chi connectivity index (χ1) is 9.24. The largest absolute Gasteiger partial charge is 0.489 e. The minimum absolute atomic E-state index is 0.512. The Morgan fingerprint density at radius 3 is 2.84 bits per heavy atom. The maximum absolute atomic E-state index is 6.02. The number of rotatable bonds is 3. The van der Waals surface area contributed by atoms with Crippen LogP contribution in [0.5, 0.6) is 5.75 Å². The van der Waals surface area contributed by atoms with Crippen LogP contribution in [0.3, 0.4) is 0 Å². The summed E-state index contributed by atoms with van der Waals surface area (Å²) in [5.41, 5.74) is 10.1. The standard InChI is InChI=1S/C16H16N2O/c1-11-4-2-5-13(8-11)19-10-12-9-18-15-7-3-6-14(17)16(12)15/h2-9,18H,10,17H2,1H3. The third kappa shape index (κ3) is 2.27. The number of aromatic amines is 1. The summed E-state index contributed by atoms with van der Waals surface area (Å²) in [6.07, 6.45) is 1.96. The van der Waals surface area contributed by atoms with Crippen LogP contribution in [0.15, 0.2) is 48.7 Å². The first-order valence-electron chi connectivity index (χ1n) is 6.28. The average Bonchev–Trinajstić information content (AvgIpc) is 2.81. The second-order valence-corrected chi connectivity index (χ2v) is 4.69. The number of benzene rings is 2. The Balaban J connectivity index is 1.86. The number of hydrogen-bond donors (Lipinski definition) is 2. The monoisotopic (exact) mass is 252 g/mol. The van der Waals surface area contributed by atoms with E-state index in [2.05, 4.69) is 18.0 Å². The van der Waals surface area contributed by atoms with Gasteiger partial charge in [-0.05, 0) is 36.8 Å². The van der Waals surface area contributed by atoms with Crippen LogP contribution in [-0.2, 0) is 6.61 Å². The number of aryl methyl sites for hydroxylation is 1. The average molecular weight is 252 g/mol. The zero-order valence-corrected chi connectivity index (χ0v) is 10.8. The summed E-state index contributed by atoms with van der Waals surface area (Å²) in [7, 11) is 0. The number of hydrogen-bond acceptors (Lipinski definition) is 2. The Kier molecular flexibility index (Phi) is 2.88. The SMILES string of the molecule is Cc1cccc(OCc2c[nH]c3cccc(N)c23)c1. The van der Waals surface area contributed by atoms with E-state index in [1.54, 1.807) is 0 Å². The lowest BCUT2D eigenvalue weighted by molar-refractivity contribution is 0.307. The maximum atomic E-state index is 6.02. The fraction of sp³-hybridized carbons (Fsp3) is 0.125. The molecule has 2 aromatic carbocycles. The Bertz CT molecular complexity index is 716. The van der Waals surface area contributed by atoms with Crippen molar-refractivity contribution in [1.29, 1.82) is 0 Å². The van der Waals surface area contributed by atoms with Crippen LogP contribution in [0.25, 0.3) is 10.9 Å². The number of fused-ring (bicyclic) bond motifs is 1. The number of nitrogens with two attached hydrogens (primary N) is 1. The molecule has 0 aliphatic heterocycles. The highest BCUT2D eigenvalue weighted by atomic mass is 16.5. The van der Waals surface area contributed by atoms with Crippen molar-refractivity contribution in [3.63, 3.8) is 0 Å². The number of ether oxygens (including phenoxy) is 1. The fourth-order valence-corrected chi connectivity index (χ4v) is 2.27. The molecule has 3 rings (SSSR count). The van der Waals surface area contributed by atoms with Crippen molar-refractivity contribution in [2.75, 3.05) is 5.73 Å². The van der Waals surface area contributed by atoms with Crippen LogP contribution in [0.1, 0.15) is 11.1 Å². The van der Waals surface area contributed by atoms with Gasteiger partial charge in [-0.2, -0.15) is 0 Å².